The van der Waals surface area contributed by atoms with Gasteiger partial charge in [0.05, 0.1) is 5.02 Å². The average molecular weight is 290 g/mol. The van der Waals surface area contributed by atoms with Gasteiger partial charge in [-0.3, -0.25) is 0 Å². The van der Waals surface area contributed by atoms with Crippen molar-refractivity contribution in [2.24, 2.45) is 5.92 Å². The molecule has 1 atom stereocenters. The summed E-state index contributed by atoms with van der Waals surface area (Å²) in [5.41, 5.74) is 0. The molecule has 1 aliphatic heterocycles. The molecular weight excluding hydrogens is 275 g/mol. The lowest BCUT2D eigenvalue weighted by atomic mass is 10.1. The topological polar surface area (TPSA) is 16.1 Å². The van der Waals surface area contributed by atoms with Crippen LogP contribution in [0, 0.1) is 5.92 Å². The Bertz CT molecular complexity index is 356. The first-order valence-corrected chi connectivity index (χ1v) is 6.43. The minimum absolute atomic E-state index is 0.737. The van der Waals surface area contributed by atoms with E-state index in [1.807, 2.05) is 6.07 Å². The van der Waals surface area contributed by atoms with Gasteiger partial charge in [0, 0.05) is 23.8 Å². The largest absolute Gasteiger partial charge is 0.355 e. The van der Waals surface area contributed by atoms with E-state index in [0.29, 0.717) is 0 Å². The van der Waals surface area contributed by atoms with Gasteiger partial charge >= 0.3 is 0 Å². The standard InChI is InChI=1S/C11H14BrClN2/c1-2-8-3-4-15(7-8)11-10(13)5-9(12)6-14-11/h5-6,8H,2-4,7H2,1H3. The van der Waals surface area contributed by atoms with Gasteiger partial charge in [-0.05, 0) is 34.3 Å². The number of hydrogen-bond donors (Lipinski definition) is 0. The van der Waals surface area contributed by atoms with E-state index in [0.717, 1.165) is 34.3 Å². The summed E-state index contributed by atoms with van der Waals surface area (Å²) < 4.78 is 0.933. The molecule has 2 heterocycles. The molecule has 1 aliphatic rings. The van der Waals surface area contributed by atoms with Crippen LogP contribution in [0.2, 0.25) is 5.02 Å². The Morgan fingerprint density at radius 2 is 2.47 bits per heavy atom. The Hall–Kier alpha value is -0.280. The van der Waals surface area contributed by atoms with Gasteiger partial charge in [-0.1, -0.05) is 24.9 Å². The third-order valence-electron chi connectivity index (χ3n) is 2.95. The van der Waals surface area contributed by atoms with Crippen LogP contribution in [0.1, 0.15) is 19.8 Å². The van der Waals surface area contributed by atoms with Crippen LogP contribution in [0.5, 0.6) is 0 Å². The van der Waals surface area contributed by atoms with Gasteiger partial charge < -0.3 is 4.90 Å². The maximum absolute atomic E-state index is 6.17. The molecule has 1 aromatic heterocycles. The molecule has 1 unspecified atom stereocenters. The summed E-state index contributed by atoms with van der Waals surface area (Å²) in [5.74, 6) is 1.72. The van der Waals surface area contributed by atoms with Gasteiger partial charge in [0.25, 0.3) is 0 Å². The number of anilines is 1. The van der Waals surface area contributed by atoms with Gasteiger partial charge in [0.15, 0.2) is 0 Å². The van der Waals surface area contributed by atoms with E-state index in [1.165, 1.54) is 12.8 Å². The maximum Gasteiger partial charge on any atom is 0.147 e. The van der Waals surface area contributed by atoms with Crippen molar-refractivity contribution >= 4 is 33.3 Å². The molecule has 2 nitrogen and oxygen atoms in total. The third-order valence-corrected chi connectivity index (χ3v) is 3.66. The number of rotatable bonds is 2. The van der Waals surface area contributed by atoms with Gasteiger partial charge in [-0.15, -0.1) is 0 Å². The van der Waals surface area contributed by atoms with Crippen LogP contribution in [-0.4, -0.2) is 18.1 Å². The fourth-order valence-electron chi connectivity index (χ4n) is 2.00. The fourth-order valence-corrected chi connectivity index (χ4v) is 2.75. The molecule has 0 aromatic carbocycles. The van der Waals surface area contributed by atoms with Crippen LogP contribution in [-0.2, 0) is 0 Å². The van der Waals surface area contributed by atoms with Crippen molar-refractivity contribution in [3.63, 3.8) is 0 Å². The fraction of sp³-hybridized carbons (Fsp3) is 0.545. The quantitative estimate of drug-likeness (QED) is 0.824. The van der Waals surface area contributed by atoms with Crippen molar-refractivity contribution in [2.45, 2.75) is 19.8 Å². The van der Waals surface area contributed by atoms with Gasteiger partial charge in [0.1, 0.15) is 5.82 Å². The zero-order valence-electron chi connectivity index (χ0n) is 8.71. The Morgan fingerprint density at radius 1 is 1.67 bits per heavy atom. The predicted octanol–water partition coefficient (Wildman–Crippen LogP) is 3.73. The number of nitrogens with zero attached hydrogens (tertiary/aromatic N) is 2. The van der Waals surface area contributed by atoms with Crippen LogP contribution < -0.4 is 4.90 Å². The summed E-state index contributed by atoms with van der Waals surface area (Å²) in [6, 6.07) is 1.91. The normalized spacial score (nSPS) is 21.0. The summed E-state index contributed by atoms with van der Waals surface area (Å²) in [6.45, 7) is 4.41. The molecule has 4 heteroatoms. The molecule has 0 bridgehead atoms. The Labute approximate surface area is 104 Å². The van der Waals surface area contributed by atoms with Crippen LogP contribution in [0.3, 0.4) is 0 Å². The van der Waals surface area contributed by atoms with Crippen LogP contribution in [0.4, 0.5) is 5.82 Å². The van der Waals surface area contributed by atoms with Crippen molar-refractivity contribution in [2.75, 3.05) is 18.0 Å². The summed E-state index contributed by atoms with van der Waals surface area (Å²) >= 11 is 9.53. The van der Waals surface area contributed by atoms with E-state index >= 15 is 0 Å². The maximum atomic E-state index is 6.17. The number of hydrogen-bond acceptors (Lipinski definition) is 2. The van der Waals surface area contributed by atoms with Gasteiger partial charge in [-0.25, -0.2) is 4.98 Å². The highest BCUT2D eigenvalue weighted by atomic mass is 79.9. The van der Waals surface area contributed by atoms with Crippen LogP contribution in [0.25, 0.3) is 0 Å². The summed E-state index contributed by atoms with van der Waals surface area (Å²) in [6.07, 6.45) is 4.30. The minimum Gasteiger partial charge on any atom is -0.355 e. The number of pyridine rings is 1. The average Bonchev–Trinajstić information content (AvgIpc) is 2.66. The lowest BCUT2D eigenvalue weighted by Crippen LogP contribution is -2.20. The SMILES string of the molecule is CCC1CCN(c2ncc(Br)cc2Cl)C1. The zero-order valence-corrected chi connectivity index (χ0v) is 11.1. The highest BCUT2D eigenvalue weighted by Gasteiger charge is 2.23. The lowest BCUT2D eigenvalue weighted by Gasteiger charge is -2.18. The van der Waals surface area contributed by atoms with Crippen molar-refractivity contribution in [1.82, 2.24) is 4.98 Å². The monoisotopic (exact) mass is 288 g/mol. The molecule has 1 aromatic rings. The van der Waals surface area contributed by atoms with Crippen molar-refractivity contribution in [1.29, 1.82) is 0 Å². The summed E-state index contributed by atoms with van der Waals surface area (Å²) in [7, 11) is 0. The second-order valence-electron chi connectivity index (χ2n) is 3.97. The van der Waals surface area contributed by atoms with E-state index in [9.17, 15) is 0 Å². The Morgan fingerprint density at radius 3 is 3.07 bits per heavy atom. The first kappa shape index (κ1) is 11.2. The van der Waals surface area contributed by atoms with Crippen molar-refractivity contribution < 1.29 is 0 Å². The molecule has 1 fully saturated rings. The molecule has 82 valence electrons. The van der Waals surface area contributed by atoms with Crippen LogP contribution in [0.15, 0.2) is 16.7 Å². The summed E-state index contributed by atoms with van der Waals surface area (Å²) in [4.78, 5) is 6.66. The molecule has 2 rings (SSSR count). The smallest absolute Gasteiger partial charge is 0.147 e. The van der Waals surface area contributed by atoms with Crippen LogP contribution >= 0.6 is 27.5 Å². The number of aromatic nitrogens is 1. The van der Waals surface area contributed by atoms with E-state index in [-0.39, 0.29) is 0 Å². The second kappa shape index (κ2) is 4.71. The van der Waals surface area contributed by atoms with Crippen molar-refractivity contribution in [3.8, 4) is 0 Å². The predicted molar refractivity (Wildman–Crippen MR) is 67.6 cm³/mol. The van der Waals surface area contributed by atoms with Gasteiger partial charge in [-0.2, -0.15) is 0 Å². The molecule has 0 N–H and O–H groups in total. The summed E-state index contributed by atoms with van der Waals surface area (Å²) in [5, 5.41) is 0.737. The Balaban J connectivity index is 2.17. The van der Waals surface area contributed by atoms with Crippen molar-refractivity contribution in [3.05, 3.63) is 21.8 Å². The lowest BCUT2D eigenvalue weighted by molar-refractivity contribution is 0.569. The highest BCUT2D eigenvalue weighted by Crippen LogP contribution is 2.30. The molecule has 0 amide bonds. The third kappa shape index (κ3) is 2.45. The Kier molecular flexibility index (Phi) is 3.52. The van der Waals surface area contributed by atoms with Gasteiger partial charge in [0.2, 0.25) is 0 Å². The molecule has 15 heavy (non-hydrogen) atoms. The molecule has 0 spiro atoms. The molecule has 1 saturated heterocycles. The highest BCUT2D eigenvalue weighted by molar-refractivity contribution is 9.10. The molecule has 0 saturated carbocycles. The molecule has 0 aliphatic carbocycles. The van der Waals surface area contributed by atoms with E-state index in [1.54, 1.807) is 6.20 Å². The van der Waals surface area contributed by atoms with E-state index in [4.69, 9.17) is 11.6 Å². The second-order valence-corrected chi connectivity index (χ2v) is 5.29. The molecule has 0 radical (unpaired) electrons. The molecular formula is C11H14BrClN2. The first-order chi connectivity index (χ1) is 7.20. The number of halogens is 2. The zero-order chi connectivity index (χ0) is 10.8. The minimum atomic E-state index is 0.737. The van der Waals surface area contributed by atoms with E-state index < -0.39 is 0 Å². The first-order valence-electron chi connectivity index (χ1n) is 5.26. The van der Waals surface area contributed by atoms with E-state index in [2.05, 4.69) is 32.7 Å².